The average molecular weight is 114 g/mol. The summed E-state index contributed by atoms with van der Waals surface area (Å²) in [5.41, 5.74) is 0. The van der Waals surface area contributed by atoms with Gasteiger partial charge in [0.25, 0.3) is 0 Å². The SMILES string of the molecule is C=CC(C)OCCC. The predicted octanol–water partition coefficient (Wildman–Crippen LogP) is 1.99. The molecule has 1 nitrogen and oxygen atoms in total. The Labute approximate surface area is 51.4 Å². The largest absolute Gasteiger partial charge is 0.374 e. The van der Waals surface area contributed by atoms with Crippen molar-refractivity contribution in [3.8, 4) is 0 Å². The Bertz CT molecular complexity index is 59.4. The molecule has 0 aliphatic rings. The van der Waals surface area contributed by atoms with Crippen molar-refractivity contribution in [3.63, 3.8) is 0 Å². The van der Waals surface area contributed by atoms with Crippen molar-refractivity contribution in [1.82, 2.24) is 0 Å². The zero-order valence-electron chi connectivity index (χ0n) is 5.68. The lowest BCUT2D eigenvalue weighted by Crippen LogP contribution is -2.03. The van der Waals surface area contributed by atoms with Crippen LogP contribution in [0.2, 0.25) is 0 Å². The highest BCUT2D eigenvalue weighted by Gasteiger charge is 1.90. The van der Waals surface area contributed by atoms with E-state index in [0.717, 1.165) is 13.0 Å². The highest BCUT2D eigenvalue weighted by molar-refractivity contribution is 4.74. The Hall–Kier alpha value is -0.300. The van der Waals surface area contributed by atoms with Gasteiger partial charge in [-0.3, -0.25) is 0 Å². The normalized spacial score (nSPS) is 13.2. The summed E-state index contributed by atoms with van der Waals surface area (Å²) in [6.07, 6.45) is 3.10. The lowest BCUT2D eigenvalue weighted by molar-refractivity contribution is 0.0983. The van der Waals surface area contributed by atoms with Crippen molar-refractivity contribution in [1.29, 1.82) is 0 Å². The molecule has 0 aromatic carbocycles. The van der Waals surface area contributed by atoms with E-state index in [1.54, 1.807) is 6.08 Å². The van der Waals surface area contributed by atoms with E-state index in [1.807, 2.05) is 6.92 Å². The van der Waals surface area contributed by atoms with Crippen molar-refractivity contribution in [2.24, 2.45) is 0 Å². The van der Waals surface area contributed by atoms with Gasteiger partial charge in [-0.05, 0) is 13.3 Å². The van der Waals surface area contributed by atoms with Crippen molar-refractivity contribution >= 4 is 0 Å². The van der Waals surface area contributed by atoms with E-state index in [9.17, 15) is 0 Å². The summed E-state index contributed by atoms with van der Waals surface area (Å²) in [5, 5.41) is 0. The molecule has 0 aliphatic carbocycles. The molecule has 1 heteroatoms. The molecule has 0 saturated carbocycles. The van der Waals surface area contributed by atoms with Crippen molar-refractivity contribution in [2.45, 2.75) is 26.4 Å². The van der Waals surface area contributed by atoms with Crippen LogP contribution in [-0.4, -0.2) is 12.7 Å². The fourth-order valence-electron chi connectivity index (χ4n) is 0.372. The van der Waals surface area contributed by atoms with Gasteiger partial charge in [0.2, 0.25) is 0 Å². The molecule has 0 bridgehead atoms. The van der Waals surface area contributed by atoms with Gasteiger partial charge in [0.15, 0.2) is 0 Å². The van der Waals surface area contributed by atoms with E-state index in [1.165, 1.54) is 0 Å². The maximum Gasteiger partial charge on any atom is 0.0725 e. The third-order valence-electron chi connectivity index (χ3n) is 0.917. The molecular weight excluding hydrogens is 100 g/mol. The second-order valence-electron chi connectivity index (χ2n) is 1.81. The Morgan fingerprint density at radius 3 is 2.75 bits per heavy atom. The second kappa shape index (κ2) is 4.85. The van der Waals surface area contributed by atoms with Crippen LogP contribution in [0, 0.1) is 0 Å². The summed E-state index contributed by atoms with van der Waals surface area (Å²) in [6, 6.07) is 0. The molecular formula is C7H14O. The number of rotatable bonds is 4. The Morgan fingerprint density at radius 2 is 2.38 bits per heavy atom. The molecule has 1 atom stereocenters. The van der Waals surface area contributed by atoms with Crippen LogP contribution >= 0.6 is 0 Å². The summed E-state index contributed by atoms with van der Waals surface area (Å²) in [5.74, 6) is 0. The molecule has 8 heavy (non-hydrogen) atoms. The first-order valence-electron chi connectivity index (χ1n) is 3.05. The molecule has 0 spiro atoms. The Kier molecular flexibility index (Phi) is 4.67. The molecule has 0 amide bonds. The van der Waals surface area contributed by atoms with Gasteiger partial charge >= 0.3 is 0 Å². The first kappa shape index (κ1) is 7.70. The van der Waals surface area contributed by atoms with Crippen LogP contribution in [0.3, 0.4) is 0 Å². The van der Waals surface area contributed by atoms with Gasteiger partial charge < -0.3 is 4.74 Å². The van der Waals surface area contributed by atoms with Gasteiger partial charge in [0, 0.05) is 6.61 Å². The third kappa shape index (κ3) is 3.88. The van der Waals surface area contributed by atoms with Crippen molar-refractivity contribution < 1.29 is 4.74 Å². The monoisotopic (exact) mass is 114 g/mol. The summed E-state index contributed by atoms with van der Waals surface area (Å²) in [7, 11) is 0. The molecule has 1 unspecified atom stereocenters. The molecule has 0 saturated heterocycles. The smallest absolute Gasteiger partial charge is 0.0725 e. The van der Waals surface area contributed by atoms with Crippen LogP contribution < -0.4 is 0 Å². The maximum atomic E-state index is 5.22. The molecule has 48 valence electrons. The standard InChI is InChI=1S/C7H14O/c1-4-6-8-7(3)5-2/h5,7H,2,4,6H2,1,3H3. The minimum absolute atomic E-state index is 0.218. The zero-order chi connectivity index (χ0) is 6.41. The quantitative estimate of drug-likeness (QED) is 0.508. The van der Waals surface area contributed by atoms with E-state index >= 15 is 0 Å². The van der Waals surface area contributed by atoms with E-state index in [-0.39, 0.29) is 6.10 Å². The molecule has 0 aromatic heterocycles. The number of hydrogen-bond donors (Lipinski definition) is 0. The van der Waals surface area contributed by atoms with E-state index < -0.39 is 0 Å². The summed E-state index contributed by atoms with van der Waals surface area (Å²) >= 11 is 0. The van der Waals surface area contributed by atoms with Crippen LogP contribution in [0.5, 0.6) is 0 Å². The fraction of sp³-hybridized carbons (Fsp3) is 0.714. The van der Waals surface area contributed by atoms with E-state index in [4.69, 9.17) is 4.74 Å². The Balaban J connectivity index is 2.98. The van der Waals surface area contributed by atoms with Gasteiger partial charge in [0.05, 0.1) is 6.10 Å². The summed E-state index contributed by atoms with van der Waals surface area (Å²) in [6.45, 7) is 8.51. The minimum Gasteiger partial charge on any atom is -0.374 e. The van der Waals surface area contributed by atoms with Gasteiger partial charge in [-0.15, -0.1) is 6.58 Å². The first-order chi connectivity index (χ1) is 3.81. The molecule has 0 aliphatic heterocycles. The van der Waals surface area contributed by atoms with E-state index in [2.05, 4.69) is 13.5 Å². The lowest BCUT2D eigenvalue weighted by Gasteiger charge is -2.04. The number of ether oxygens (including phenoxy) is 1. The highest BCUT2D eigenvalue weighted by atomic mass is 16.5. The summed E-state index contributed by atoms with van der Waals surface area (Å²) in [4.78, 5) is 0. The van der Waals surface area contributed by atoms with Crippen LogP contribution in [0.25, 0.3) is 0 Å². The van der Waals surface area contributed by atoms with Crippen molar-refractivity contribution in [3.05, 3.63) is 12.7 Å². The van der Waals surface area contributed by atoms with Crippen LogP contribution in [-0.2, 0) is 4.74 Å². The van der Waals surface area contributed by atoms with Gasteiger partial charge in [0.1, 0.15) is 0 Å². The fourth-order valence-corrected chi connectivity index (χ4v) is 0.372. The molecule has 0 fully saturated rings. The molecule has 0 heterocycles. The molecule has 0 N–H and O–H groups in total. The van der Waals surface area contributed by atoms with Gasteiger partial charge in [-0.25, -0.2) is 0 Å². The molecule has 0 aromatic rings. The molecule has 0 rings (SSSR count). The van der Waals surface area contributed by atoms with Crippen LogP contribution in [0.1, 0.15) is 20.3 Å². The lowest BCUT2D eigenvalue weighted by atomic mass is 10.4. The topological polar surface area (TPSA) is 9.23 Å². The van der Waals surface area contributed by atoms with Crippen LogP contribution in [0.4, 0.5) is 0 Å². The number of hydrogen-bond acceptors (Lipinski definition) is 1. The second-order valence-corrected chi connectivity index (χ2v) is 1.81. The van der Waals surface area contributed by atoms with Gasteiger partial charge in [-0.2, -0.15) is 0 Å². The first-order valence-corrected chi connectivity index (χ1v) is 3.05. The minimum atomic E-state index is 0.218. The maximum absolute atomic E-state index is 5.22. The third-order valence-corrected chi connectivity index (χ3v) is 0.917. The molecule has 0 radical (unpaired) electrons. The average Bonchev–Trinajstić information content (AvgIpc) is 1.83. The van der Waals surface area contributed by atoms with Crippen molar-refractivity contribution in [2.75, 3.05) is 6.61 Å². The zero-order valence-corrected chi connectivity index (χ0v) is 5.68. The van der Waals surface area contributed by atoms with Crippen LogP contribution in [0.15, 0.2) is 12.7 Å². The summed E-state index contributed by atoms with van der Waals surface area (Å²) < 4.78 is 5.22. The van der Waals surface area contributed by atoms with E-state index in [0.29, 0.717) is 0 Å². The van der Waals surface area contributed by atoms with Gasteiger partial charge in [-0.1, -0.05) is 13.0 Å². The predicted molar refractivity (Wildman–Crippen MR) is 35.9 cm³/mol. The highest BCUT2D eigenvalue weighted by Crippen LogP contribution is 1.90. The Morgan fingerprint density at radius 1 is 1.75 bits per heavy atom.